The van der Waals surface area contributed by atoms with Crippen molar-refractivity contribution in [2.24, 2.45) is 0 Å². The first-order valence-electron chi connectivity index (χ1n) is 6.22. The maximum atomic E-state index is 12.2. The lowest BCUT2D eigenvalue weighted by Gasteiger charge is -2.29. The summed E-state index contributed by atoms with van der Waals surface area (Å²) < 4.78 is 0. The molecular weight excluding hydrogens is 304 g/mol. The molecule has 19 heavy (non-hydrogen) atoms. The molecule has 3 nitrogen and oxygen atoms in total. The molecule has 1 aromatic carbocycles. The van der Waals surface area contributed by atoms with Gasteiger partial charge in [0.05, 0.1) is 5.52 Å². The number of nitrogens with zero attached hydrogens (tertiary/aromatic N) is 1. The van der Waals surface area contributed by atoms with E-state index in [1.165, 1.54) is 0 Å². The van der Waals surface area contributed by atoms with Gasteiger partial charge in [0.25, 0.3) is 5.91 Å². The summed E-state index contributed by atoms with van der Waals surface area (Å²) in [5.74, 6) is -0.151. The SMILES string of the molecule is CC(Br)C(C)(C)NC(=O)c1ccc2ccccc2n1. The number of carbonyl (C=O) groups excluding carboxylic acids is 1. The van der Waals surface area contributed by atoms with Gasteiger partial charge in [0.15, 0.2) is 0 Å². The Morgan fingerprint density at radius 1 is 1.26 bits per heavy atom. The molecule has 1 amide bonds. The predicted octanol–water partition coefficient (Wildman–Crippen LogP) is 3.53. The zero-order valence-electron chi connectivity index (χ0n) is 11.3. The largest absolute Gasteiger partial charge is 0.345 e. The van der Waals surface area contributed by atoms with Crippen molar-refractivity contribution in [2.45, 2.75) is 31.1 Å². The van der Waals surface area contributed by atoms with E-state index in [4.69, 9.17) is 0 Å². The van der Waals surface area contributed by atoms with E-state index in [2.05, 4.69) is 26.2 Å². The number of para-hydroxylation sites is 1. The van der Waals surface area contributed by atoms with Crippen molar-refractivity contribution in [1.82, 2.24) is 10.3 Å². The third-order valence-corrected chi connectivity index (χ3v) is 4.41. The molecule has 0 radical (unpaired) electrons. The number of carbonyl (C=O) groups is 1. The van der Waals surface area contributed by atoms with Crippen LogP contribution in [0.3, 0.4) is 0 Å². The highest BCUT2D eigenvalue weighted by Gasteiger charge is 2.26. The third-order valence-electron chi connectivity index (χ3n) is 3.26. The molecule has 1 aromatic heterocycles. The number of halogens is 1. The van der Waals surface area contributed by atoms with Crippen molar-refractivity contribution < 1.29 is 4.79 Å². The molecule has 0 aliphatic carbocycles. The van der Waals surface area contributed by atoms with Gasteiger partial charge in [0.1, 0.15) is 5.69 Å². The van der Waals surface area contributed by atoms with E-state index in [1.54, 1.807) is 6.07 Å². The zero-order valence-corrected chi connectivity index (χ0v) is 12.9. The molecule has 0 saturated heterocycles. The Morgan fingerprint density at radius 3 is 2.63 bits per heavy atom. The molecule has 0 fully saturated rings. The maximum Gasteiger partial charge on any atom is 0.270 e. The third kappa shape index (κ3) is 3.13. The smallest absolute Gasteiger partial charge is 0.270 e. The number of nitrogens with one attached hydrogen (secondary N) is 1. The van der Waals surface area contributed by atoms with E-state index in [1.807, 2.05) is 51.1 Å². The summed E-state index contributed by atoms with van der Waals surface area (Å²) in [6.45, 7) is 5.96. The van der Waals surface area contributed by atoms with Crippen molar-refractivity contribution in [3.8, 4) is 0 Å². The Bertz CT molecular complexity index is 608. The summed E-state index contributed by atoms with van der Waals surface area (Å²) >= 11 is 3.50. The quantitative estimate of drug-likeness (QED) is 0.879. The van der Waals surface area contributed by atoms with Crippen LogP contribution in [-0.2, 0) is 0 Å². The second-order valence-electron chi connectivity index (χ2n) is 5.18. The minimum atomic E-state index is -0.329. The topological polar surface area (TPSA) is 42.0 Å². The Kier molecular flexibility index (Phi) is 3.90. The van der Waals surface area contributed by atoms with Gasteiger partial charge in [-0.1, -0.05) is 47.1 Å². The molecule has 2 aromatic rings. The van der Waals surface area contributed by atoms with Crippen LogP contribution in [-0.4, -0.2) is 21.3 Å². The molecule has 100 valence electrons. The van der Waals surface area contributed by atoms with Gasteiger partial charge in [-0.3, -0.25) is 4.79 Å². The molecule has 0 spiro atoms. The second kappa shape index (κ2) is 5.29. The maximum absolute atomic E-state index is 12.2. The lowest BCUT2D eigenvalue weighted by Crippen LogP contribution is -2.49. The molecule has 0 bridgehead atoms. The van der Waals surface area contributed by atoms with Crippen molar-refractivity contribution in [2.75, 3.05) is 0 Å². The van der Waals surface area contributed by atoms with Crippen LogP contribution in [0.2, 0.25) is 0 Å². The van der Waals surface area contributed by atoms with Gasteiger partial charge < -0.3 is 5.32 Å². The molecule has 1 unspecified atom stereocenters. The first-order chi connectivity index (χ1) is 8.90. The molecule has 0 aliphatic rings. The molecule has 1 heterocycles. The Labute approximate surface area is 121 Å². The van der Waals surface area contributed by atoms with Crippen LogP contribution in [0, 0.1) is 0 Å². The van der Waals surface area contributed by atoms with Crippen LogP contribution >= 0.6 is 15.9 Å². The number of amides is 1. The van der Waals surface area contributed by atoms with Gasteiger partial charge in [-0.2, -0.15) is 0 Å². The van der Waals surface area contributed by atoms with Crippen molar-refractivity contribution in [3.05, 3.63) is 42.1 Å². The fraction of sp³-hybridized carbons (Fsp3) is 0.333. The number of pyridine rings is 1. The van der Waals surface area contributed by atoms with Crippen LogP contribution in [0.5, 0.6) is 0 Å². The predicted molar refractivity (Wildman–Crippen MR) is 81.7 cm³/mol. The number of alkyl halides is 1. The highest BCUT2D eigenvalue weighted by atomic mass is 79.9. The monoisotopic (exact) mass is 320 g/mol. The number of hydrogen-bond donors (Lipinski definition) is 1. The zero-order chi connectivity index (χ0) is 14.0. The van der Waals surface area contributed by atoms with Crippen LogP contribution in [0.1, 0.15) is 31.3 Å². The molecule has 1 N–H and O–H groups in total. The second-order valence-corrected chi connectivity index (χ2v) is 6.55. The van der Waals surface area contributed by atoms with Gasteiger partial charge >= 0.3 is 0 Å². The highest BCUT2D eigenvalue weighted by Crippen LogP contribution is 2.18. The standard InChI is InChI=1S/C15H17BrN2O/c1-10(16)15(2,3)18-14(19)13-9-8-11-6-4-5-7-12(11)17-13/h4-10H,1-3H3,(H,18,19). The van der Waals surface area contributed by atoms with E-state index >= 15 is 0 Å². The Hall–Kier alpha value is -1.42. The molecule has 2 rings (SSSR count). The van der Waals surface area contributed by atoms with Crippen LogP contribution in [0.4, 0.5) is 0 Å². The van der Waals surface area contributed by atoms with Gasteiger partial charge in [0, 0.05) is 15.8 Å². The Morgan fingerprint density at radius 2 is 1.95 bits per heavy atom. The summed E-state index contributed by atoms with van der Waals surface area (Å²) in [5, 5.41) is 4.02. The molecule has 4 heteroatoms. The van der Waals surface area contributed by atoms with Gasteiger partial charge in [-0.15, -0.1) is 0 Å². The fourth-order valence-corrected chi connectivity index (χ4v) is 1.76. The van der Waals surface area contributed by atoms with E-state index in [0.29, 0.717) is 5.69 Å². The van der Waals surface area contributed by atoms with Crippen molar-refractivity contribution in [3.63, 3.8) is 0 Å². The molecule has 0 aliphatic heterocycles. The first kappa shape index (κ1) is 14.0. The lowest BCUT2D eigenvalue weighted by molar-refractivity contribution is 0.0909. The van der Waals surface area contributed by atoms with Crippen molar-refractivity contribution in [1.29, 1.82) is 0 Å². The Balaban J connectivity index is 2.27. The summed E-state index contributed by atoms with van der Waals surface area (Å²) in [5.41, 5.74) is 0.949. The average molecular weight is 321 g/mol. The summed E-state index contributed by atoms with van der Waals surface area (Å²) in [7, 11) is 0. The molecule has 0 saturated carbocycles. The number of benzene rings is 1. The number of rotatable bonds is 3. The minimum absolute atomic E-state index is 0.151. The van der Waals surface area contributed by atoms with E-state index in [9.17, 15) is 4.79 Å². The summed E-state index contributed by atoms with van der Waals surface area (Å²) in [6.07, 6.45) is 0. The van der Waals surface area contributed by atoms with E-state index < -0.39 is 0 Å². The van der Waals surface area contributed by atoms with Crippen molar-refractivity contribution >= 4 is 32.7 Å². The highest BCUT2D eigenvalue weighted by molar-refractivity contribution is 9.09. The molecule has 1 atom stereocenters. The van der Waals surface area contributed by atoms with Gasteiger partial charge in [-0.05, 0) is 26.0 Å². The van der Waals surface area contributed by atoms with E-state index in [-0.39, 0.29) is 16.3 Å². The van der Waals surface area contributed by atoms with E-state index in [0.717, 1.165) is 10.9 Å². The number of aromatic nitrogens is 1. The minimum Gasteiger partial charge on any atom is -0.345 e. The first-order valence-corrected chi connectivity index (χ1v) is 7.14. The van der Waals surface area contributed by atoms with Gasteiger partial charge in [-0.25, -0.2) is 4.98 Å². The summed E-state index contributed by atoms with van der Waals surface area (Å²) in [6, 6.07) is 11.4. The number of fused-ring (bicyclic) bond motifs is 1. The molecular formula is C15H17BrN2O. The van der Waals surface area contributed by atoms with Crippen LogP contribution < -0.4 is 5.32 Å². The summed E-state index contributed by atoms with van der Waals surface area (Å²) in [4.78, 5) is 16.8. The van der Waals surface area contributed by atoms with Crippen LogP contribution in [0.25, 0.3) is 10.9 Å². The number of hydrogen-bond acceptors (Lipinski definition) is 2. The fourth-order valence-electron chi connectivity index (χ4n) is 1.65. The lowest BCUT2D eigenvalue weighted by atomic mass is 10.0. The van der Waals surface area contributed by atoms with Gasteiger partial charge in [0.2, 0.25) is 0 Å². The normalized spacial score (nSPS) is 13.3. The van der Waals surface area contributed by atoms with Crippen LogP contribution in [0.15, 0.2) is 36.4 Å². The average Bonchev–Trinajstić information content (AvgIpc) is 2.37.